The fraction of sp³-hybridized carbons (Fsp3) is 0.500. The highest BCUT2D eigenvalue weighted by atomic mass is 14.6. The number of hydrogen-bond acceptors (Lipinski definition) is 1. The first-order valence-corrected chi connectivity index (χ1v) is 4.93. The molecule has 0 bridgehead atoms. The van der Waals surface area contributed by atoms with Crippen LogP contribution in [0.1, 0.15) is 39.5 Å². The van der Waals surface area contributed by atoms with Gasteiger partial charge in [0.2, 0.25) is 0 Å². The highest BCUT2D eigenvalue weighted by Gasteiger charge is 2.07. The third kappa shape index (κ3) is 2.76. The molecule has 0 aromatic heterocycles. The lowest BCUT2D eigenvalue weighted by Gasteiger charge is -2.15. The summed E-state index contributed by atoms with van der Waals surface area (Å²) in [5.74, 6) is 0. The van der Waals surface area contributed by atoms with Crippen molar-refractivity contribution in [1.82, 2.24) is 0 Å². The van der Waals surface area contributed by atoms with E-state index in [0.29, 0.717) is 0 Å². The van der Waals surface area contributed by atoms with Gasteiger partial charge in [-0.1, -0.05) is 12.2 Å². The summed E-state index contributed by atoms with van der Waals surface area (Å²) in [5, 5.41) is 0. The van der Waals surface area contributed by atoms with E-state index < -0.39 is 0 Å². The molecule has 0 unspecified atom stereocenters. The van der Waals surface area contributed by atoms with Gasteiger partial charge in [-0.15, -0.1) is 0 Å². The van der Waals surface area contributed by atoms with Crippen LogP contribution in [0.4, 0.5) is 0 Å². The first-order chi connectivity index (χ1) is 6.11. The second kappa shape index (κ2) is 4.31. The molecule has 0 atom stereocenters. The minimum atomic E-state index is 0.830. The monoisotopic (exact) mass is 177 g/mol. The summed E-state index contributed by atoms with van der Waals surface area (Å²) in [6.45, 7) is 7.98. The molecule has 0 amide bonds. The van der Waals surface area contributed by atoms with Crippen LogP contribution in [0.2, 0.25) is 0 Å². The summed E-state index contributed by atoms with van der Waals surface area (Å²) in [5.41, 5.74) is 10.5. The zero-order valence-corrected chi connectivity index (χ0v) is 8.69. The van der Waals surface area contributed by atoms with E-state index >= 15 is 0 Å². The van der Waals surface area contributed by atoms with Crippen molar-refractivity contribution in [3.63, 3.8) is 0 Å². The summed E-state index contributed by atoms with van der Waals surface area (Å²) in [7, 11) is 0. The Morgan fingerprint density at radius 3 is 2.54 bits per heavy atom. The largest absolute Gasteiger partial charge is 0.399 e. The summed E-state index contributed by atoms with van der Waals surface area (Å²) in [4.78, 5) is 0. The lowest BCUT2D eigenvalue weighted by atomic mass is 9.92. The van der Waals surface area contributed by atoms with Crippen molar-refractivity contribution in [3.05, 3.63) is 35.1 Å². The van der Waals surface area contributed by atoms with Gasteiger partial charge >= 0.3 is 0 Å². The van der Waals surface area contributed by atoms with Gasteiger partial charge < -0.3 is 5.73 Å². The Morgan fingerprint density at radius 2 is 2.00 bits per heavy atom. The predicted octanol–water partition coefficient (Wildman–Crippen LogP) is 3.30. The maximum atomic E-state index is 5.84. The molecule has 1 rings (SSSR count). The molecule has 0 spiro atoms. The average Bonchev–Trinajstić information content (AvgIpc) is 2.08. The molecular weight excluding hydrogens is 158 g/mol. The molecule has 1 heteroatoms. The van der Waals surface area contributed by atoms with Crippen molar-refractivity contribution >= 4 is 0 Å². The third-order valence-corrected chi connectivity index (χ3v) is 2.62. The highest BCUT2D eigenvalue weighted by molar-refractivity contribution is 5.35. The average molecular weight is 177 g/mol. The van der Waals surface area contributed by atoms with Crippen LogP contribution in [0.3, 0.4) is 0 Å². The molecule has 0 fully saturated rings. The zero-order valence-electron chi connectivity index (χ0n) is 8.69. The van der Waals surface area contributed by atoms with E-state index in [1.54, 1.807) is 0 Å². The maximum absolute atomic E-state index is 5.84. The minimum absolute atomic E-state index is 0.830. The normalized spacial score (nSPS) is 19.1. The fourth-order valence-corrected chi connectivity index (χ4v) is 1.59. The second-order valence-corrected chi connectivity index (χ2v) is 3.89. The Balaban J connectivity index is 2.82. The van der Waals surface area contributed by atoms with Crippen molar-refractivity contribution in [1.29, 1.82) is 0 Å². The molecule has 0 heterocycles. The van der Waals surface area contributed by atoms with E-state index in [1.807, 2.05) is 6.92 Å². The van der Waals surface area contributed by atoms with Crippen LogP contribution in [-0.2, 0) is 0 Å². The van der Waals surface area contributed by atoms with Crippen molar-refractivity contribution in [2.75, 3.05) is 0 Å². The molecule has 0 saturated carbocycles. The van der Waals surface area contributed by atoms with Crippen LogP contribution < -0.4 is 5.73 Å². The molecule has 0 saturated heterocycles. The van der Waals surface area contributed by atoms with E-state index in [4.69, 9.17) is 5.73 Å². The van der Waals surface area contributed by atoms with E-state index in [1.165, 1.54) is 36.8 Å². The molecule has 1 aliphatic rings. The van der Waals surface area contributed by atoms with E-state index in [-0.39, 0.29) is 0 Å². The summed E-state index contributed by atoms with van der Waals surface area (Å²) in [6.07, 6.45) is 7.13. The lowest BCUT2D eigenvalue weighted by molar-refractivity contribution is 0.682. The maximum Gasteiger partial charge on any atom is 0.0340 e. The van der Waals surface area contributed by atoms with Crippen LogP contribution in [0.15, 0.2) is 35.1 Å². The molecule has 1 aliphatic carbocycles. The molecule has 0 radical (unpaired) electrons. The molecule has 0 aromatic rings. The van der Waals surface area contributed by atoms with Crippen molar-refractivity contribution in [2.45, 2.75) is 39.5 Å². The van der Waals surface area contributed by atoms with Crippen molar-refractivity contribution < 1.29 is 0 Å². The van der Waals surface area contributed by atoms with Crippen LogP contribution in [-0.4, -0.2) is 0 Å². The summed E-state index contributed by atoms with van der Waals surface area (Å²) in [6, 6.07) is 0. The molecular formula is C12H19N. The number of hydrogen-bond donors (Lipinski definition) is 1. The highest BCUT2D eigenvalue weighted by Crippen LogP contribution is 2.25. The van der Waals surface area contributed by atoms with Crippen molar-refractivity contribution in [3.8, 4) is 0 Å². The molecule has 0 aliphatic heterocycles. The lowest BCUT2D eigenvalue weighted by Crippen LogP contribution is -2.01. The third-order valence-electron chi connectivity index (χ3n) is 2.62. The number of allylic oxidation sites excluding steroid dienone is 4. The first kappa shape index (κ1) is 10.1. The SMILES string of the molecule is C=C(C)/C(N)=C\C1=C(C)CCCC1. The van der Waals surface area contributed by atoms with E-state index in [9.17, 15) is 0 Å². The Morgan fingerprint density at radius 1 is 1.38 bits per heavy atom. The molecule has 72 valence electrons. The predicted molar refractivity (Wildman–Crippen MR) is 58.3 cm³/mol. The van der Waals surface area contributed by atoms with Gasteiger partial charge in [-0.3, -0.25) is 0 Å². The van der Waals surface area contributed by atoms with Gasteiger partial charge in [0.15, 0.2) is 0 Å². The zero-order chi connectivity index (χ0) is 9.84. The van der Waals surface area contributed by atoms with Gasteiger partial charge in [-0.05, 0) is 56.8 Å². The van der Waals surface area contributed by atoms with Gasteiger partial charge in [-0.25, -0.2) is 0 Å². The topological polar surface area (TPSA) is 26.0 Å². The Labute approximate surface area is 81.0 Å². The van der Waals surface area contributed by atoms with Crippen LogP contribution in [0, 0.1) is 0 Å². The van der Waals surface area contributed by atoms with Gasteiger partial charge in [0.05, 0.1) is 0 Å². The minimum Gasteiger partial charge on any atom is -0.399 e. The number of nitrogens with two attached hydrogens (primary N) is 1. The Kier molecular flexibility index (Phi) is 3.35. The Hall–Kier alpha value is -0.980. The Bertz CT molecular complexity index is 269. The number of rotatable bonds is 2. The molecule has 1 nitrogen and oxygen atoms in total. The molecule has 0 aromatic carbocycles. The van der Waals surface area contributed by atoms with Crippen LogP contribution in [0.5, 0.6) is 0 Å². The molecule has 2 N–H and O–H groups in total. The summed E-state index contributed by atoms with van der Waals surface area (Å²) >= 11 is 0. The first-order valence-electron chi connectivity index (χ1n) is 4.93. The van der Waals surface area contributed by atoms with Gasteiger partial charge in [0, 0.05) is 5.70 Å². The van der Waals surface area contributed by atoms with Crippen LogP contribution in [0.25, 0.3) is 0 Å². The van der Waals surface area contributed by atoms with Gasteiger partial charge in [0.25, 0.3) is 0 Å². The van der Waals surface area contributed by atoms with Crippen LogP contribution >= 0.6 is 0 Å². The van der Waals surface area contributed by atoms with Gasteiger partial charge in [0.1, 0.15) is 0 Å². The van der Waals surface area contributed by atoms with Gasteiger partial charge in [-0.2, -0.15) is 0 Å². The van der Waals surface area contributed by atoms with Crippen molar-refractivity contribution in [2.24, 2.45) is 5.73 Å². The second-order valence-electron chi connectivity index (χ2n) is 3.89. The van der Waals surface area contributed by atoms with E-state index in [2.05, 4.69) is 19.6 Å². The standard InChI is InChI=1S/C12H19N/c1-9(2)12(13)8-11-7-5-4-6-10(11)3/h8H,1,4-7,13H2,2-3H3/b12-8+. The molecule has 13 heavy (non-hydrogen) atoms. The fourth-order valence-electron chi connectivity index (χ4n) is 1.59. The smallest absolute Gasteiger partial charge is 0.0340 e. The quantitative estimate of drug-likeness (QED) is 0.643. The van der Waals surface area contributed by atoms with E-state index in [0.717, 1.165) is 11.3 Å². The summed E-state index contributed by atoms with van der Waals surface area (Å²) < 4.78 is 0.